The van der Waals surface area contributed by atoms with E-state index in [1.165, 1.54) is 19.3 Å². The van der Waals surface area contributed by atoms with E-state index in [0.29, 0.717) is 25.3 Å². The van der Waals surface area contributed by atoms with Crippen molar-refractivity contribution >= 4 is 5.91 Å². The number of rotatable bonds is 9. The standard InChI is InChI=1S/C16H26N2O2.C9H10.C2H6/c1-12(2)10-18-11-15(19)9-14(16(17)20)8-13-6-4-3-5-7-13;1-2-5-9-7-3-6-8(9)4-1;1-2/h3-7,12,14-15,18-19H,8-11H2,1-2H3,(H2,17,20);1-2,4-5H,3,6-7H2;1-2H3/t14-,15+;;/m1../s1. The van der Waals surface area contributed by atoms with E-state index in [9.17, 15) is 9.90 Å². The molecule has 1 amide bonds. The molecule has 0 radical (unpaired) electrons. The topological polar surface area (TPSA) is 75.3 Å². The lowest BCUT2D eigenvalue weighted by Gasteiger charge is -2.18. The molecule has 2 aromatic rings. The van der Waals surface area contributed by atoms with E-state index in [-0.39, 0.29) is 11.8 Å². The summed E-state index contributed by atoms with van der Waals surface area (Å²) in [5.41, 5.74) is 9.64. The zero-order valence-electron chi connectivity index (χ0n) is 19.8. The first kappa shape index (κ1) is 26.9. The van der Waals surface area contributed by atoms with Gasteiger partial charge in [0.05, 0.1) is 6.10 Å². The predicted octanol–water partition coefficient (Wildman–Crippen LogP) is 4.53. The molecule has 0 heterocycles. The number of nitrogens with two attached hydrogens (primary N) is 1. The van der Waals surface area contributed by atoms with E-state index >= 15 is 0 Å². The molecule has 0 bridgehead atoms. The quantitative estimate of drug-likeness (QED) is 0.551. The second-order valence-corrected chi connectivity index (χ2v) is 8.35. The summed E-state index contributed by atoms with van der Waals surface area (Å²) in [5.74, 6) is -0.136. The Labute approximate surface area is 189 Å². The van der Waals surface area contributed by atoms with Gasteiger partial charge in [-0.2, -0.15) is 0 Å². The van der Waals surface area contributed by atoms with Crippen LogP contribution in [-0.4, -0.2) is 30.2 Å². The van der Waals surface area contributed by atoms with Gasteiger partial charge in [-0.1, -0.05) is 82.3 Å². The SMILES string of the molecule is CC.CC(C)CNC[C@@H](O)C[C@@H](Cc1ccccc1)C(N)=O.c1ccc2c(c1)CCC2. The van der Waals surface area contributed by atoms with Gasteiger partial charge in [0.15, 0.2) is 0 Å². The number of benzene rings is 2. The molecule has 1 aliphatic carbocycles. The lowest BCUT2D eigenvalue weighted by molar-refractivity contribution is -0.122. The highest BCUT2D eigenvalue weighted by Crippen LogP contribution is 2.20. The Bertz CT molecular complexity index is 708. The molecular formula is C27H42N2O2. The third-order valence-electron chi connectivity index (χ3n) is 5.23. The molecule has 0 unspecified atom stereocenters. The van der Waals surface area contributed by atoms with Crippen LogP contribution in [0.2, 0.25) is 0 Å². The summed E-state index contributed by atoms with van der Waals surface area (Å²) >= 11 is 0. The minimum absolute atomic E-state index is 0.326. The van der Waals surface area contributed by atoms with Crippen LogP contribution in [0.3, 0.4) is 0 Å². The highest BCUT2D eigenvalue weighted by atomic mass is 16.3. The number of hydrogen-bond donors (Lipinski definition) is 3. The van der Waals surface area contributed by atoms with Crippen LogP contribution in [0.1, 0.15) is 57.2 Å². The van der Waals surface area contributed by atoms with Gasteiger partial charge in [-0.25, -0.2) is 0 Å². The number of aliphatic hydroxyl groups is 1. The van der Waals surface area contributed by atoms with Crippen molar-refractivity contribution in [3.05, 3.63) is 71.3 Å². The largest absolute Gasteiger partial charge is 0.392 e. The van der Waals surface area contributed by atoms with Crippen molar-refractivity contribution in [2.24, 2.45) is 17.6 Å². The minimum Gasteiger partial charge on any atom is -0.392 e. The van der Waals surface area contributed by atoms with Gasteiger partial charge in [0.25, 0.3) is 0 Å². The molecule has 0 fully saturated rings. The average Bonchev–Trinajstić information content (AvgIpc) is 3.24. The van der Waals surface area contributed by atoms with Gasteiger partial charge in [0, 0.05) is 12.5 Å². The Morgan fingerprint density at radius 3 is 2.03 bits per heavy atom. The van der Waals surface area contributed by atoms with E-state index in [1.807, 2.05) is 44.2 Å². The van der Waals surface area contributed by atoms with Gasteiger partial charge in [0.1, 0.15) is 0 Å². The van der Waals surface area contributed by atoms with Crippen molar-refractivity contribution < 1.29 is 9.90 Å². The number of aliphatic hydroxyl groups excluding tert-OH is 1. The Morgan fingerprint density at radius 2 is 1.52 bits per heavy atom. The highest BCUT2D eigenvalue weighted by Gasteiger charge is 2.20. The van der Waals surface area contributed by atoms with Crippen molar-refractivity contribution in [3.8, 4) is 0 Å². The molecule has 3 rings (SSSR count). The first-order chi connectivity index (χ1) is 15.0. The molecule has 4 heteroatoms. The van der Waals surface area contributed by atoms with Crippen LogP contribution in [0, 0.1) is 11.8 Å². The number of amides is 1. The normalized spacial score (nSPS) is 13.9. The number of aryl methyl sites for hydroxylation is 2. The van der Waals surface area contributed by atoms with E-state index in [2.05, 4.69) is 43.4 Å². The molecule has 0 saturated heterocycles. The van der Waals surface area contributed by atoms with Crippen molar-refractivity contribution in [2.75, 3.05) is 13.1 Å². The first-order valence-electron chi connectivity index (χ1n) is 11.7. The van der Waals surface area contributed by atoms with Crippen molar-refractivity contribution in [3.63, 3.8) is 0 Å². The molecule has 2 aromatic carbocycles. The third kappa shape index (κ3) is 11.1. The Balaban J connectivity index is 0.000000358. The van der Waals surface area contributed by atoms with Gasteiger partial charge in [0.2, 0.25) is 5.91 Å². The van der Waals surface area contributed by atoms with Crippen LogP contribution >= 0.6 is 0 Å². The van der Waals surface area contributed by atoms with Crippen LogP contribution in [0.25, 0.3) is 0 Å². The van der Waals surface area contributed by atoms with Gasteiger partial charge in [-0.05, 0) is 61.3 Å². The summed E-state index contributed by atoms with van der Waals surface area (Å²) in [6.45, 7) is 9.58. The summed E-state index contributed by atoms with van der Waals surface area (Å²) in [4.78, 5) is 11.5. The molecule has 172 valence electrons. The maximum atomic E-state index is 11.5. The van der Waals surface area contributed by atoms with E-state index < -0.39 is 6.10 Å². The fourth-order valence-corrected chi connectivity index (χ4v) is 3.66. The Kier molecular flexibility index (Phi) is 13.5. The Morgan fingerprint density at radius 1 is 0.968 bits per heavy atom. The summed E-state index contributed by atoms with van der Waals surface area (Å²) < 4.78 is 0. The fraction of sp³-hybridized carbons (Fsp3) is 0.519. The zero-order chi connectivity index (χ0) is 23.1. The molecule has 0 aromatic heterocycles. The first-order valence-corrected chi connectivity index (χ1v) is 11.7. The summed E-state index contributed by atoms with van der Waals surface area (Å²) in [7, 11) is 0. The number of nitrogens with one attached hydrogen (secondary N) is 1. The summed E-state index contributed by atoms with van der Waals surface area (Å²) in [6.07, 6.45) is 4.40. The number of hydrogen-bond acceptors (Lipinski definition) is 3. The van der Waals surface area contributed by atoms with Gasteiger partial charge in [-0.15, -0.1) is 0 Å². The van der Waals surface area contributed by atoms with E-state index in [4.69, 9.17) is 5.73 Å². The molecule has 2 atom stereocenters. The minimum atomic E-state index is -0.546. The number of carbonyl (C=O) groups excluding carboxylic acids is 1. The average molecular weight is 427 g/mol. The molecule has 31 heavy (non-hydrogen) atoms. The van der Waals surface area contributed by atoms with Crippen molar-refractivity contribution in [1.82, 2.24) is 5.32 Å². The predicted molar refractivity (Wildman–Crippen MR) is 131 cm³/mol. The molecule has 0 aliphatic heterocycles. The molecule has 4 nitrogen and oxygen atoms in total. The molecule has 4 N–H and O–H groups in total. The van der Waals surface area contributed by atoms with Crippen LogP contribution in [0.15, 0.2) is 54.6 Å². The fourth-order valence-electron chi connectivity index (χ4n) is 3.66. The smallest absolute Gasteiger partial charge is 0.220 e. The number of primary amides is 1. The molecule has 0 spiro atoms. The van der Waals surface area contributed by atoms with Gasteiger partial charge < -0.3 is 16.2 Å². The van der Waals surface area contributed by atoms with Gasteiger partial charge in [-0.3, -0.25) is 4.79 Å². The number of fused-ring (bicyclic) bond motifs is 1. The highest BCUT2D eigenvalue weighted by molar-refractivity contribution is 5.77. The monoisotopic (exact) mass is 426 g/mol. The zero-order valence-corrected chi connectivity index (χ0v) is 19.8. The maximum absolute atomic E-state index is 11.5. The second-order valence-electron chi connectivity index (χ2n) is 8.35. The van der Waals surface area contributed by atoms with Gasteiger partial charge >= 0.3 is 0 Å². The van der Waals surface area contributed by atoms with Crippen LogP contribution in [0.4, 0.5) is 0 Å². The van der Waals surface area contributed by atoms with E-state index in [1.54, 1.807) is 11.1 Å². The van der Waals surface area contributed by atoms with Crippen LogP contribution in [0.5, 0.6) is 0 Å². The van der Waals surface area contributed by atoms with E-state index in [0.717, 1.165) is 12.1 Å². The molecular weight excluding hydrogens is 384 g/mol. The van der Waals surface area contributed by atoms with Crippen LogP contribution < -0.4 is 11.1 Å². The maximum Gasteiger partial charge on any atom is 0.220 e. The molecule has 0 saturated carbocycles. The third-order valence-corrected chi connectivity index (χ3v) is 5.23. The Hall–Kier alpha value is -2.17. The van der Waals surface area contributed by atoms with Crippen molar-refractivity contribution in [2.45, 2.75) is 65.9 Å². The lowest BCUT2D eigenvalue weighted by atomic mass is 9.93. The summed E-state index contributed by atoms with van der Waals surface area (Å²) in [5, 5.41) is 13.2. The second kappa shape index (κ2) is 15.6. The summed E-state index contributed by atoms with van der Waals surface area (Å²) in [6, 6.07) is 18.5. The van der Waals surface area contributed by atoms with Crippen LogP contribution in [-0.2, 0) is 24.1 Å². The lowest BCUT2D eigenvalue weighted by Crippen LogP contribution is -2.35. The van der Waals surface area contributed by atoms with Crippen molar-refractivity contribution in [1.29, 1.82) is 0 Å². The number of carbonyl (C=O) groups is 1. The molecule has 1 aliphatic rings.